The zero-order valence-electron chi connectivity index (χ0n) is 11.5. The fourth-order valence-corrected chi connectivity index (χ4v) is 1.99. The molecule has 0 aliphatic carbocycles. The van der Waals surface area contributed by atoms with E-state index in [0.717, 1.165) is 22.6 Å². The van der Waals surface area contributed by atoms with E-state index in [2.05, 4.69) is 15.3 Å². The standard InChI is InChI=1S/C16H16N4O/c17-12-4-3-5-13(10-12)21-9-8-18-16-11-19-14-6-1-2-7-15(14)20-16/h1-7,10-11H,8-9,17H2,(H,18,20). The first-order chi connectivity index (χ1) is 10.3. The maximum absolute atomic E-state index is 5.69. The van der Waals surface area contributed by atoms with Crippen molar-refractivity contribution in [2.24, 2.45) is 0 Å². The summed E-state index contributed by atoms with van der Waals surface area (Å²) < 4.78 is 5.61. The van der Waals surface area contributed by atoms with Gasteiger partial charge in [-0.25, -0.2) is 4.98 Å². The highest BCUT2D eigenvalue weighted by Crippen LogP contribution is 2.14. The van der Waals surface area contributed by atoms with E-state index in [0.29, 0.717) is 18.8 Å². The first kappa shape index (κ1) is 13.2. The molecule has 0 spiro atoms. The summed E-state index contributed by atoms with van der Waals surface area (Å²) in [5.41, 5.74) is 8.15. The van der Waals surface area contributed by atoms with E-state index in [9.17, 15) is 0 Å². The van der Waals surface area contributed by atoms with Gasteiger partial charge in [0.25, 0.3) is 0 Å². The van der Waals surface area contributed by atoms with Gasteiger partial charge in [-0.1, -0.05) is 18.2 Å². The lowest BCUT2D eigenvalue weighted by atomic mass is 10.3. The minimum Gasteiger partial charge on any atom is -0.492 e. The summed E-state index contributed by atoms with van der Waals surface area (Å²) in [5, 5.41) is 3.19. The van der Waals surface area contributed by atoms with Crippen LogP contribution in [0.2, 0.25) is 0 Å². The monoisotopic (exact) mass is 280 g/mol. The van der Waals surface area contributed by atoms with Gasteiger partial charge in [-0.15, -0.1) is 0 Å². The summed E-state index contributed by atoms with van der Waals surface area (Å²) in [7, 11) is 0. The normalized spacial score (nSPS) is 10.5. The predicted octanol–water partition coefficient (Wildman–Crippen LogP) is 2.70. The maximum Gasteiger partial charge on any atom is 0.145 e. The largest absolute Gasteiger partial charge is 0.492 e. The molecule has 0 aliphatic rings. The smallest absolute Gasteiger partial charge is 0.145 e. The first-order valence-electron chi connectivity index (χ1n) is 6.75. The summed E-state index contributed by atoms with van der Waals surface area (Å²) in [5.74, 6) is 1.51. The van der Waals surface area contributed by atoms with Gasteiger partial charge in [-0.2, -0.15) is 0 Å². The van der Waals surface area contributed by atoms with Crippen molar-refractivity contribution in [3.8, 4) is 5.75 Å². The molecule has 0 fully saturated rings. The number of benzene rings is 2. The number of aromatic nitrogens is 2. The Kier molecular flexibility index (Phi) is 3.82. The molecule has 0 saturated carbocycles. The van der Waals surface area contributed by atoms with Crippen LogP contribution in [0.1, 0.15) is 0 Å². The van der Waals surface area contributed by atoms with Crippen molar-refractivity contribution in [3.05, 3.63) is 54.7 Å². The zero-order valence-corrected chi connectivity index (χ0v) is 11.5. The molecule has 0 amide bonds. The molecule has 0 unspecified atom stereocenters. The van der Waals surface area contributed by atoms with Crippen LogP contribution in [-0.4, -0.2) is 23.1 Å². The average Bonchev–Trinajstić information content (AvgIpc) is 2.51. The molecule has 1 aromatic heterocycles. The molecule has 0 aliphatic heterocycles. The van der Waals surface area contributed by atoms with Crippen molar-refractivity contribution < 1.29 is 4.74 Å². The van der Waals surface area contributed by atoms with Gasteiger partial charge in [-0.3, -0.25) is 4.98 Å². The second-order valence-electron chi connectivity index (χ2n) is 4.59. The van der Waals surface area contributed by atoms with Crippen molar-refractivity contribution >= 4 is 22.5 Å². The molecule has 106 valence electrons. The number of nitrogen functional groups attached to an aromatic ring is 1. The van der Waals surface area contributed by atoms with Crippen LogP contribution in [0.4, 0.5) is 11.5 Å². The number of hydrogen-bond acceptors (Lipinski definition) is 5. The highest BCUT2D eigenvalue weighted by atomic mass is 16.5. The lowest BCUT2D eigenvalue weighted by molar-refractivity contribution is 0.333. The van der Waals surface area contributed by atoms with Crippen LogP contribution >= 0.6 is 0 Å². The van der Waals surface area contributed by atoms with Crippen LogP contribution in [0.15, 0.2) is 54.7 Å². The first-order valence-corrected chi connectivity index (χ1v) is 6.75. The predicted molar refractivity (Wildman–Crippen MR) is 84.4 cm³/mol. The van der Waals surface area contributed by atoms with Gasteiger partial charge >= 0.3 is 0 Å². The summed E-state index contributed by atoms with van der Waals surface area (Å²) in [4.78, 5) is 8.83. The minimum absolute atomic E-state index is 0.526. The Balaban J connectivity index is 1.54. The number of nitrogens with two attached hydrogens (primary N) is 1. The second-order valence-corrected chi connectivity index (χ2v) is 4.59. The molecule has 3 aromatic rings. The number of fused-ring (bicyclic) bond motifs is 1. The summed E-state index contributed by atoms with van der Waals surface area (Å²) in [6, 6.07) is 15.2. The number of nitrogens with zero attached hydrogens (tertiary/aromatic N) is 2. The maximum atomic E-state index is 5.69. The van der Waals surface area contributed by atoms with Gasteiger partial charge < -0.3 is 15.8 Å². The Morgan fingerprint density at radius 3 is 2.76 bits per heavy atom. The lowest BCUT2D eigenvalue weighted by Crippen LogP contribution is -2.12. The van der Waals surface area contributed by atoms with Gasteiger partial charge in [0.05, 0.1) is 23.8 Å². The van der Waals surface area contributed by atoms with Crippen LogP contribution in [0.25, 0.3) is 11.0 Å². The fourth-order valence-electron chi connectivity index (χ4n) is 1.99. The van der Waals surface area contributed by atoms with Crippen LogP contribution in [0.3, 0.4) is 0 Å². The van der Waals surface area contributed by atoms with Crippen molar-refractivity contribution in [2.75, 3.05) is 24.2 Å². The molecule has 0 atom stereocenters. The van der Waals surface area contributed by atoms with Gasteiger partial charge in [0, 0.05) is 11.8 Å². The highest BCUT2D eigenvalue weighted by molar-refractivity contribution is 5.75. The molecule has 5 nitrogen and oxygen atoms in total. The van der Waals surface area contributed by atoms with E-state index < -0.39 is 0 Å². The molecule has 21 heavy (non-hydrogen) atoms. The highest BCUT2D eigenvalue weighted by Gasteiger charge is 1.99. The third-order valence-electron chi connectivity index (χ3n) is 2.98. The third-order valence-corrected chi connectivity index (χ3v) is 2.98. The molecule has 0 saturated heterocycles. The van der Waals surface area contributed by atoms with Crippen molar-refractivity contribution in [1.29, 1.82) is 0 Å². The lowest BCUT2D eigenvalue weighted by Gasteiger charge is -2.08. The van der Waals surface area contributed by atoms with Crippen molar-refractivity contribution in [2.45, 2.75) is 0 Å². The second kappa shape index (κ2) is 6.09. The van der Waals surface area contributed by atoms with Crippen molar-refractivity contribution in [3.63, 3.8) is 0 Å². The van der Waals surface area contributed by atoms with Crippen LogP contribution in [-0.2, 0) is 0 Å². The number of ether oxygens (including phenoxy) is 1. The Morgan fingerprint density at radius 1 is 1.05 bits per heavy atom. The summed E-state index contributed by atoms with van der Waals surface area (Å²) >= 11 is 0. The molecule has 5 heteroatoms. The molecule has 3 rings (SSSR count). The van der Waals surface area contributed by atoms with E-state index in [1.54, 1.807) is 12.3 Å². The number of hydrogen-bond donors (Lipinski definition) is 2. The van der Waals surface area contributed by atoms with Crippen LogP contribution in [0.5, 0.6) is 5.75 Å². The minimum atomic E-state index is 0.526. The van der Waals surface area contributed by atoms with Crippen LogP contribution < -0.4 is 15.8 Å². The van der Waals surface area contributed by atoms with Gasteiger partial charge in [0.15, 0.2) is 0 Å². The number of rotatable bonds is 5. The Morgan fingerprint density at radius 2 is 1.90 bits per heavy atom. The average molecular weight is 280 g/mol. The van der Waals surface area contributed by atoms with E-state index in [1.807, 2.05) is 42.5 Å². The molecule has 0 bridgehead atoms. The van der Waals surface area contributed by atoms with E-state index >= 15 is 0 Å². The molecular formula is C16H16N4O. The zero-order chi connectivity index (χ0) is 14.5. The molecule has 2 aromatic carbocycles. The van der Waals surface area contributed by atoms with Crippen LogP contribution in [0, 0.1) is 0 Å². The van der Waals surface area contributed by atoms with E-state index in [1.165, 1.54) is 0 Å². The fraction of sp³-hybridized carbons (Fsp3) is 0.125. The summed E-state index contributed by atoms with van der Waals surface area (Å²) in [6.07, 6.45) is 1.73. The quantitative estimate of drug-likeness (QED) is 0.555. The van der Waals surface area contributed by atoms with Gasteiger partial charge in [-0.05, 0) is 24.3 Å². The van der Waals surface area contributed by atoms with E-state index in [-0.39, 0.29) is 0 Å². The summed E-state index contributed by atoms with van der Waals surface area (Å²) in [6.45, 7) is 1.17. The third kappa shape index (κ3) is 3.39. The topological polar surface area (TPSA) is 73.1 Å². The molecular weight excluding hydrogens is 264 g/mol. The Labute approximate surface area is 122 Å². The molecule has 1 heterocycles. The number of para-hydroxylation sites is 2. The Hall–Kier alpha value is -2.82. The van der Waals surface area contributed by atoms with Crippen molar-refractivity contribution in [1.82, 2.24) is 9.97 Å². The SMILES string of the molecule is Nc1cccc(OCCNc2cnc3ccccc3n2)c1. The van der Waals surface area contributed by atoms with Gasteiger partial charge in [0.2, 0.25) is 0 Å². The Bertz CT molecular complexity index is 745. The number of nitrogens with one attached hydrogen (secondary N) is 1. The number of anilines is 2. The van der Waals surface area contributed by atoms with Gasteiger partial charge in [0.1, 0.15) is 18.2 Å². The molecule has 3 N–H and O–H groups in total. The molecule has 0 radical (unpaired) electrons. The van der Waals surface area contributed by atoms with E-state index in [4.69, 9.17) is 10.5 Å².